The van der Waals surface area contributed by atoms with Crippen LogP contribution in [0, 0.1) is 0 Å². The SMILES string of the molecule is CCCc1ccc(-c2ncnc(NC)c2CC)cc1. The zero-order valence-corrected chi connectivity index (χ0v) is 11.9. The van der Waals surface area contributed by atoms with E-state index in [-0.39, 0.29) is 0 Å². The molecule has 2 rings (SSSR count). The summed E-state index contributed by atoms with van der Waals surface area (Å²) < 4.78 is 0. The summed E-state index contributed by atoms with van der Waals surface area (Å²) >= 11 is 0. The second-order valence-electron chi connectivity index (χ2n) is 4.60. The fourth-order valence-corrected chi connectivity index (χ4v) is 2.33. The Labute approximate surface area is 115 Å². The van der Waals surface area contributed by atoms with Crippen LogP contribution < -0.4 is 5.32 Å². The molecule has 19 heavy (non-hydrogen) atoms. The Morgan fingerprint density at radius 1 is 1.05 bits per heavy atom. The molecule has 0 spiro atoms. The molecule has 0 aliphatic rings. The summed E-state index contributed by atoms with van der Waals surface area (Å²) in [6, 6.07) is 8.71. The van der Waals surface area contributed by atoms with Gasteiger partial charge >= 0.3 is 0 Å². The van der Waals surface area contributed by atoms with Crippen molar-refractivity contribution in [1.29, 1.82) is 0 Å². The minimum absolute atomic E-state index is 0.920. The lowest BCUT2D eigenvalue weighted by Gasteiger charge is -2.11. The molecule has 0 fully saturated rings. The highest BCUT2D eigenvalue weighted by molar-refractivity contribution is 5.68. The summed E-state index contributed by atoms with van der Waals surface area (Å²) in [5, 5.41) is 3.14. The molecule has 0 unspecified atom stereocenters. The maximum Gasteiger partial charge on any atom is 0.132 e. The summed E-state index contributed by atoms with van der Waals surface area (Å²) in [5.41, 5.74) is 4.75. The molecular formula is C16H21N3. The van der Waals surface area contributed by atoms with Crippen LogP contribution in [0.25, 0.3) is 11.3 Å². The van der Waals surface area contributed by atoms with Gasteiger partial charge in [-0.05, 0) is 18.4 Å². The third-order valence-corrected chi connectivity index (χ3v) is 3.30. The van der Waals surface area contributed by atoms with E-state index in [0.717, 1.165) is 29.9 Å². The lowest BCUT2D eigenvalue weighted by Crippen LogP contribution is -2.02. The first-order valence-electron chi connectivity index (χ1n) is 6.91. The maximum absolute atomic E-state index is 4.45. The Bertz CT molecular complexity index is 532. The van der Waals surface area contributed by atoms with Crippen molar-refractivity contribution in [3.63, 3.8) is 0 Å². The monoisotopic (exact) mass is 255 g/mol. The zero-order chi connectivity index (χ0) is 13.7. The van der Waals surface area contributed by atoms with Gasteiger partial charge in [0.25, 0.3) is 0 Å². The van der Waals surface area contributed by atoms with E-state index in [4.69, 9.17) is 0 Å². The summed E-state index contributed by atoms with van der Waals surface area (Å²) in [7, 11) is 1.90. The van der Waals surface area contributed by atoms with E-state index in [9.17, 15) is 0 Å². The van der Waals surface area contributed by atoms with Crippen LogP contribution in [0.15, 0.2) is 30.6 Å². The fourth-order valence-electron chi connectivity index (χ4n) is 2.33. The van der Waals surface area contributed by atoms with Crippen molar-refractivity contribution >= 4 is 5.82 Å². The maximum atomic E-state index is 4.45. The molecule has 1 heterocycles. The standard InChI is InChI=1S/C16H21N3/c1-4-6-12-7-9-13(10-8-12)15-14(5-2)16(17-3)19-11-18-15/h7-11H,4-6H2,1-3H3,(H,17,18,19). The molecule has 3 heteroatoms. The molecule has 0 amide bonds. The summed E-state index contributed by atoms with van der Waals surface area (Å²) in [6.45, 7) is 4.33. The van der Waals surface area contributed by atoms with Crippen LogP contribution in [-0.4, -0.2) is 17.0 Å². The van der Waals surface area contributed by atoms with Crippen molar-refractivity contribution in [3.05, 3.63) is 41.7 Å². The van der Waals surface area contributed by atoms with Crippen molar-refractivity contribution in [2.45, 2.75) is 33.1 Å². The van der Waals surface area contributed by atoms with Crippen molar-refractivity contribution in [2.24, 2.45) is 0 Å². The Morgan fingerprint density at radius 3 is 2.37 bits per heavy atom. The predicted octanol–water partition coefficient (Wildman–Crippen LogP) is 3.70. The molecule has 0 atom stereocenters. The summed E-state index contributed by atoms with van der Waals surface area (Å²) in [6.07, 6.45) is 4.85. The van der Waals surface area contributed by atoms with E-state index in [1.54, 1.807) is 6.33 Å². The molecule has 1 N–H and O–H groups in total. The minimum Gasteiger partial charge on any atom is -0.373 e. The van der Waals surface area contributed by atoms with Gasteiger partial charge in [-0.15, -0.1) is 0 Å². The van der Waals surface area contributed by atoms with Crippen molar-refractivity contribution in [1.82, 2.24) is 9.97 Å². The molecule has 2 aromatic rings. The average Bonchev–Trinajstić information content (AvgIpc) is 2.47. The highest BCUT2D eigenvalue weighted by Gasteiger charge is 2.10. The van der Waals surface area contributed by atoms with Gasteiger partial charge in [0.1, 0.15) is 12.1 Å². The van der Waals surface area contributed by atoms with Gasteiger partial charge in [0.15, 0.2) is 0 Å². The van der Waals surface area contributed by atoms with E-state index in [1.165, 1.54) is 17.5 Å². The van der Waals surface area contributed by atoms with Gasteiger partial charge in [-0.2, -0.15) is 0 Å². The summed E-state index contributed by atoms with van der Waals surface area (Å²) in [4.78, 5) is 8.73. The first-order chi connectivity index (χ1) is 9.30. The molecular weight excluding hydrogens is 234 g/mol. The smallest absolute Gasteiger partial charge is 0.132 e. The van der Waals surface area contributed by atoms with Crippen LogP contribution in [0.1, 0.15) is 31.4 Å². The number of benzene rings is 1. The third-order valence-electron chi connectivity index (χ3n) is 3.30. The largest absolute Gasteiger partial charge is 0.373 e. The second-order valence-corrected chi connectivity index (χ2v) is 4.60. The predicted molar refractivity (Wildman–Crippen MR) is 80.4 cm³/mol. The minimum atomic E-state index is 0.920. The molecule has 0 saturated heterocycles. The van der Waals surface area contributed by atoms with Gasteiger partial charge in [-0.1, -0.05) is 44.5 Å². The summed E-state index contributed by atoms with van der Waals surface area (Å²) in [5.74, 6) is 0.921. The number of aromatic nitrogens is 2. The Balaban J connectivity index is 2.40. The van der Waals surface area contributed by atoms with Crippen LogP contribution in [0.5, 0.6) is 0 Å². The van der Waals surface area contributed by atoms with Crippen molar-refractivity contribution in [2.75, 3.05) is 12.4 Å². The Hall–Kier alpha value is -1.90. The third kappa shape index (κ3) is 2.92. The van der Waals surface area contributed by atoms with Gasteiger partial charge < -0.3 is 5.32 Å². The molecule has 100 valence electrons. The molecule has 0 saturated carbocycles. The molecule has 0 aliphatic carbocycles. The van der Waals surface area contributed by atoms with Crippen LogP contribution in [0.4, 0.5) is 5.82 Å². The number of nitrogens with one attached hydrogen (secondary N) is 1. The lowest BCUT2D eigenvalue weighted by atomic mass is 10.0. The number of aryl methyl sites for hydroxylation is 1. The van der Waals surface area contributed by atoms with Crippen LogP contribution in [-0.2, 0) is 12.8 Å². The van der Waals surface area contributed by atoms with Crippen molar-refractivity contribution in [3.8, 4) is 11.3 Å². The average molecular weight is 255 g/mol. The quantitative estimate of drug-likeness (QED) is 0.885. The zero-order valence-electron chi connectivity index (χ0n) is 11.9. The molecule has 0 radical (unpaired) electrons. The van der Waals surface area contributed by atoms with Gasteiger partial charge in [-0.25, -0.2) is 9.97 Å². The molecule has 1 aromatic carbocycles. The number of hydrogen-bond donors (Lipinski definition) is 1. The molecule has 1 aromatic heterocycles. The van der Waals surface area contributed by atoms with Crippen LogP contribution >= 0.6 is 0 Å². The molecule has 3 nitrogen and oxygen atoms in total. The van der Waals surface area contributed by atoms with Gasteiger partial charge in [0.05, 0.1) is 5.69 Å². The van der Waals surface area contributed by atoms with Crippen molar-refractivity contribution < 1.29 is 0 Å². The molecule has 0 bridgehead atoms. The topological polar surface area (TPSA) is 37.8 Å². The normalized spacial score (nSPS) is 10.5. The second kappa shape index (κ2) is 6.32. The first kappa shape index (κ1) is 13.5. The number of anilines is 1. The number of hydrogen-bond acceptors (Lipinski definition) is 3. The first-order valence-corrected chi connectivity index (χ1v) is 6.91. The number of nitrogens with zero attached hydrogens (tertiary/aromatic N) is 2. The highest BCUT2D eigenvalue weighted by atomic mass is 15.0. The van der Waals surface area contributed by atoms with E-state index in [0.29, 0.717) is 0 Å². The lowest BCUT2D eigenvalue weighted by molar-refractivity contribution is 0.922. The van der Waals surface area contributed by atoms with E-state index < -0.39 is 0 Å². The fraction of sp³-hybridized carbons (Fsp3) is 0.375. The number of rotatable bonds is 5. The van der Waals surface area contributed by atoms with E-state index >= 15 is 0 Å². The van der Waals surface area contributed by atoms with Gasteiger partial charge in [0, 0.05) is 18.2 Å². The Morgan fingerprint density at radius 2 is 1.79 bits per heavy atom. The van der Waals surface area contributed by atoms with Gasteiger partial charge in [-0.3, -0.25) is 0 Å². The molecule has 0 aliphatic heterocycles. The highest BCUT2D eigenvalue weighted by Crippen LogP contribution is 2.26. The van der Waals surface area contributed by atoms with Gasteiger partial charge in [0.2, 0.25) is 0 Å². The van der Waals surface area contributed by atoms with E-state index in [2.05, 4.69) is 53.4 Å². The Kier molecular flexibility index (Phi) is 4.50. The van der Waals surface area contributed by atoms with E-state index in [1.807, 2.05) is 7.05 Å². The van der Waals surface area contributed by atoms with Crippen LogP contribution in [0.3, 0.4) is 0 Å². The van der Waals surface area contributed by atoms with Crippen LogP contribution in [0.2, 0.25) is 0 Å².